The van der Waals surface area contributed by atoms with Crippen LogP contribution in [0.2, 0.25) is 5.02 Å². The Labute approximate surface area is 193 Å². The van der Waals surface area contributed by atoms with Gasteiger partial charge in [0.1, 0.15) is 18.0 Å². The smallest absolute Gasteiger partial charge is 0.272 e. The lowest BCUT2D eigenvalue weighted by Crippen LogP contribution is -2.50. The Morgan fingerprint density at radius 2 is 1.84 bits per heavy atom. The van der Waals surface area contributed by atoms with E-state index < -0.39 is 0 Å². The number of rotatable bonds is 7. The van der Waals surface area contributed by atoms with Gasteiger partial charge in [0.2, 0.25) is 5.91 Å². The first-order valence-corrected chi connectivity index (χ1v) is 11.8. The molecule has 1 unspecified atom stereocenters. The third-order valence-electron chi connectivity index (χ3n) is 6.30. The van der Waals surface area contributed by atoms with Crippen LogP contribution in [0.4, 0.5) is 0 Å². The van der Waals surface area contributed by atoms with Crippen LogP contribution in [0.15, 0.2) is 30.3 Å². The van der Waals surface area contributed by atoms with Crippen molar-refractivity contribution in [2.45, 2.75) is 51.5 Å². The summed E-state index contributed by atoms with van der Waals surface area (Å²) < 4.78 is 1.85. The number of nitrogens with zero attached hydrogens (tertiary/aromatic N) is 4. The average Bonchev–Trinajstić information content (AvgIpc) is 3.24. The van der Waals surface area contributed by atoms with Gasteiger partial charge in [-0.3, -0.25) is 19.1 Å². The van der Waals surface area contributed by atoms with Crippen molar-refractivity contribution in [3.8, 4) is 11.3 Å². The van der Waals surface area contributed by atoms with Crippen LogP contribution in [0, 0.1) is 0 Å². The third-order valence-corrected chi connectivity index (χ3v) is 6.55. The Balaban J connectivity index is 1.56. The maximum Gasteiger partial charge on any atom is 0.272 e. The second-order valence-corrected chi connectivity index (χ2v) is 9.06. The Bertz CT molecular complexity index is 991. The van der Waals surface area contributed by atoms with Gasteiger partial charge >= 0.3 is 0 Å². The molecule has 2 aliphatic heterocycles. The second-order valence-electron chi connectivity index (χ2n) is 8.62. The SMILES string of the molecule is CCCCCC1CN(CC(=O)N2CCC(=O)CC2)C(=O)c2cc(-c3ccc(Cl)cc3)nn21. The molecule has 4 rings (SSSR count). The number of hydrogen-bond donors (Lipinski definition) is 0. The quantitative estimate of drug-likeness (QED) is 0.591. The molecule has 170 valence electrons. The average molecular weight is 457 g/mol. The van der Waals surface area contributed by atoms with Crippen LogP contribution in [0.3, 0.4) is 0 Å². The lowest BCUT2D eigenvalue weighted by molar-refractivity contribution is -0.135. The molecule has 1 aromatic carbocycles. The van der Waals surface area contributed by atoms with Crippen molar-refractivity contribution in [2.75, 3.05) is 26.2 Å². The Morgan fingerprint density at radius 3 is 2.53 bits per heavy atom. The van der Waals surface area contributed by atoms with Gasteiger partial charge in [0.05, 0.1) is 11.7 Å². The van der Waals surface area contributed by atoms with Gasteiger partial charge in [-0.25, -0.2) is 0 Å². The monoisotopic (exact) mass is 456 g/mol. The summed E-state index contributed by atoms with van der Waals surface area (Å²) in [6.07, 6.45) is 4.97. The molecule has 7 nitrogen and oxygen atoms in total. The van der Waals surface area contributed by atoms with E-state index >= 15 is 0 Å². The summed E-state index contributed by atoms with van der Waals surface area (Å²) in [5, 5.41) is 5.41. The largest absolute Gasteiger partial charge is 0.340 e. The maximum atomic E-state index is 13.3. The molecule has 2 aromatic rings. The number of ketones is 1. The molecule has 1 aromatic heterocycles. The van der Waals surface area contributed by atoms with E-state index in [4.69, 9.17) is 16.7 Å². The van der Waals surface area contributed by atoms with Gasteiger partial charge in [-0.1, -0.05) is 49.9 Å². The zero-order valence-corrected chi connectivity index (χ0v) is 19.2. The number of likely N-dealkylation sites (tertiary alicyclic amines) is 1. The summed E-state index contributed by atoms with van der Waals surface area (Å²) in [5.41, 5.74) is 2.15. The fraction of sp³-hybridized carbons (Fsp3) is 0.500. The van der Waals surface area contributed by atoms with Gasteiger partial charge < -0.3 is 9.80 Å². The Morgan fingerprint density at radius 1 is 1.12 bits per heavy atom. The molecule has 0 aliphatic carbocycles. The lowest BCUT2D eigenvalue weighted by atomic mass is 10.0. The highest BCUT2D eigenvalue weighted by atomic mass is 35.5. The van der Waals surface area contributed by atoms with Crippen molar-refractivity contribution in [3.63, 3.8) is 0 Å². The molecule has 3 heterocycles. The summed E-state index contributed by atoms with van der Waals surface area (Å²) in [6.45, 7) is 3.56. The minimum absolute atomic E-state index is 0.0334. The highest BCUT2D eigenvalue weighted by molar-refractivity contribution is 6.30. The molecule has 8 heteroatoms. The third kappa shape index (κ3) is 4.88. The van der Waals surface area contributed by atoms with Crippen LogP contribution in [0.5, 0.6) is 0 Å². The van der Waals surface area contributed by atoms with Crippen LogP contribution >= 0.6 is 11.6 Å². The van der Waals surface area contributed by atoms with Crippen molar-refractivity contribution >= 4 is 29.2 Å². The molecular formula is C24H29ClN4O3. The Kier molecular flexibility index (Phi) is 6.94. The minimum atomic E-state index is -0.175. The first-order valence-electron chi connectivity index (χ1n) is 11.4. The summed E-state index contributed by atoms with van der Waals surface area (Å²) >= 11 is 6.02. The van der Waals surface area contributed by atoms with Gasteiger partial charge in [0.15, 0.2) is 0 Å². The zero-order valence-electron chi connectivity index (χ0n) is 18.4. The number of carbonyl (C=O) groups is 3. The molecule has 2 aliphatic rings. The van der Waals surface area contributed by atoms with E-state index in [9.17, 15) is 14.4 Å². The van der Waals surface area contributed by atoms with Crippen molar-refractivity contribution < 1.29 is 14.4 Å². The number of hydrogen-bond acceptors (Lipinski definition) is 4. The molecule has 1 fully saturated rings. The number of piperidine rings is 1. The first kappa shape index (κ1) is 22.5. The van der Waals surface area contributed by atoms with E-state index in [1.807, 2.05) is 35.0 Å². The van der Waals surface area contributed by atoms with Crippen molar-refractivity contribution in [3.05, 3.63) is 41.0 Å². The number of Topliss-reactive ketones (excluding diaryl/α,β-unsaturated/α-hetero) is 1. The van der Waals surface area contributed by atoms with Crippen LogP contribution < -0.4 is 0 Å². The molecule has 0 N–H and O–H groups in total. The standard InChI is InChI=1S/C24H29ClN4O3/c1-2-3-4-5-19-15-28(16-23(31)27-12-10-20(30)11-13-27)24(32)22-14-21(26-29(19)22)17-6-8-18(25)9-7-17/h6-9,14,19H,2-5,10-13,15-16H2,1H3. The number of amides is 2. The van der Waals surface area contributed by atoms with Gasteiger partial charge in [-0.15, -0.1) is 0 Å². The molecule has 0 spiro atoms. The maximum absolute atomic E-state index is 13.3. The molecule has 2 amide bonds. The van der Waals surface area contributed by atoms with Gasteiger partial charge in [0, 0.05) is 43.1 Å². The highest BCUT2D eigenvalue weighted by Gasteiger charge is 2.35. The van der Waals surface area contributed by atoms with Crippen LogP contribution in [0.1, 0.15) is 62.0 Å². The highest BCUT2D eigenvalue weighted by Crippen LogP contribution is 2.30. The van der Waals surface area contributed by atoms with Crippen molar-refractivity contribution in [1.29, 1.82) is 0 Å². The summed E-state index contributed by atoms with van der Waals surface area (Å²) in [4.78, 5) is 41.0. The fourth-order valence-electron chi connectivity index (χ4n) is 4.42. The zero-order chi connectivity index (χ0) is 22.7. The van der Waals surface area contributed by atoms with E-state index in [1.54, 1.807) is 9.80 Å². The van der Waals surface area contributed by atoms with E-state index in [2.05, 4.69) is 6.92 Å². The number of carbonyl (C=O) groups excluding carboxylic acids is 3. The van der Waals surface area contributed by atoms with Crippen LogP contribution in [-0.2, 0) is 9.59 Å². The second kappa shape index (κ2) is 9.86. The lowest BCUT2D eigenvalue weighted by Gasteiger charge is -2.35. The van der Waals surface area contributed by atoms with Crippen molar-refractivity contribution in [2.24, 2.45) is 0 Å². The number of unbranched alkanes of at least 4 members (excludes halogenated alkanes) is 2. The normalized spacial score (nSPS) is 18.8. The molecule has 32 heavy (non-hydrogen) atoms. The topological polar surface area (TPSA) is 75.5 Å². The van der Waals surface area contributed by atoms with E-state index in [-0.39, 0.29) is 30.2 Å². The van der Waals surface area contributed by atoms with Crippen LogP contribution in [0.25, 0.3) is 11.3 Å². The van der Waals surface area contributed by atoms with Crippen LogP contribution in [-0.4, -0.2) is 63.4 Å². The van der Waals surface area contributed by atoms with Gasteiger partial charge in [-0.2, -0.15) is 5.10 Å². The number of fused-ring (bicyclic) bond motifs is 1. The summed E-state index contributed by atoms with van der Waals surface area (Å²) in [7, 11) is 0. The van der Waals surface area contributed by atoms with E-state index in [0.29, 0.717) is 43.2 Å². The Hall–Kier alpha value is -2.67. The number of aromatic nitrogens is 2. The van der Waals surface area contributed by atoms with Crippen molar-refractivity contribution in [1.82, 2.24) is 19.6 Å². The summed E-state index contributed by atoms with van der Waals surface area (Å²) in [5.74, 6) is -0.0762. The molecule has 1 saturated heterocycles. The molecule has 0 bridgehead atoms. The predicted octanol–water partition coefficient (Wildman–Crippen LogP) is 3.97. The molecule has 0 radical (unpaired) electrons. The molecule has 1 atom stereocenters. The fourth-order valence-corrected chi connectivity index (χ4v) is 4.55. The van der Waals surface area contributed by atoms with E-state index in [0.717, 1.165) is 36.9 Å². The minimum Gasteiger partial charge on any atom is -0.340 e. The first-order chi connectivity index (χ1) is 15.5. The van der Waals surface area contributed by atoms with Gasteiger partial charge in [0.25, 0.3) is 5.91 Å². The van der Waals surface area contributed by atoms with E-state index in [1.165, 1.54) is 0 Å². The summed E-state index contributed by atoms with van der Waals surface area (Å²) in [6, 6.07) is 9.26. The number of halogens is 1. The van der Waals surface area contributed by atoms with Gasteiger partial charge in [-0.05, 0) is 24.6 Å². The molecule has 0 saturated carbocycles. The number of benzene rings is 1. The molecular weight excluding hydrogens is 428 g/mol. The predicted molar refractivity (Wildman–Crippen MR) is 123 cm³/mol.